The van der Waals surface area contributed by atoms with Gasteiger partial charge in [-0.1, -0.05) is 18.9 Å². The third-order valence-corrected chi connectivity index (χ3v) is 0.649. The number of nitrogens with one attached hydrogen (secondary N) is 1. The Kier molecular flexibility index (Phi) is 3.50. The number of carbonyl (C=O) groups is 1. The molecule has 0 aliphatic heterocycles. The zero-order valence-corrected chi connectivity index (χ0v) is 4.90. The van der Waals surface area contributed by atoms with Crippen LogP contribution in [-0.2, 0) is 4.79 Å². The number of amides is 1. The molecule has 0 spiro atoms. The van der Waals surface area contributed by atoms with Crippen LogP contribution >= 0.6 is 12.8 Å². The van der Waals surface area contributed by atoms with Crippen molar-refractivity contribution in [2.45, 2.75) is 6.92 Å². The minimum atomic E-state index is -0.189. The van der Waals surface area contributed by atoms with Crippen molar-refractivity contribution in [1.82, 2.24) is 4.72 Å². The van der Waals surface area contributed by atoms with Gasteiger partial charge in [0.25, 0.3) is 5.91 Å². The van der Waals surface area contributed by atoms with Gasteiger partial charge in [-0.15, -0.1) is 0 Å². The normalized spacial score (nSPS) is 9.43. The maximum Gasteiger partial charge on any atom is 0.253 e. The Morgan fingerprint density at radius 3 is 2.57 bits per heavy atom. The van der Waals surface area contributed by atoms with Crippen LogP contribution in [0, 0.1) is 0 Å². The molecule has 0 atom stereocenters. The van der Waals surface area contributed by atoms with Crippen LogP contribution in [-0.4, -0.2) is 5.91 Å². The Morgan fingerprint density at radius 2 is 2.43 bits per heavy atom. The Labute approximate surface area is 48.1 Å². The van der Waals surface area contributed by atoms with Crippen LogP contribution in [0.15, 0.2) is 12.2 Å². The molecule has 0 radical (unpaired) electrons. The standard InChI is InChI=1S/C4H7NOS/c1-2-3-4(6)5-7/h2-3,7H,1H3,(H,5,6). The summed E-state index contributed by atoms with van der Waals surface area (Å²) in [5, 5.41) is 0. The summed E-state index contributed by atoms with van der Waals surface area (Å²) in [7, 11) is 0. The third-order valence-electron chi connectivity index (χ3n) is 0.428. The lowest BCUT2D eigenvalue weighted by Gasteiger charge is -1.82. The van der Waals surface area contributed by atoms with Crippen LogP contribution in [0.25, 0.3) is 0 Å². The van der Waals surface area contributed by atoms with Gasteiger partial charge < -0.3 is 0 Å². The first-order valence-corrected chi connectivity index (χ1v) is 2.32. The van der Waals surface area contributed by atoms with Crippen LogP contribution in [0.5, 0.6) is 0 Å². The number of thiol groups is 1. The Morgan fingerprint density at radius 1 is 1.86 bits per heavy atom. The van der Waals surface area contributed by atoms with Gasteiger partial charge in [0.15, 0.2) is 0 Å². The summed E-state index contributed by atoms with van der Waals surface area (Å²) >= 11 is 3.50. The van der Waals surface area contributed by atoms with Gasteiger partial charge in [-0.25, -0.2) is 0 Å². The summed E-state index contributed by atoms with van der Waals surface area (Å²) in [6.45, 7) is 1.77. The molecule has 0 aromatic heterocycles. The first-order chi connectivity index (χ1) is 3.31. The van der Waals surface area contributed by atoms with Gasteiger partial charge in [-0.2, -0.15) is 0 Å². The number of allylic oxidation sites excluding steroid dienone is 1. The minimum Gasteiger partial charge on any atom is -0.299 e. The monoisotopic (exact) mass is 117 g/mol. The zero-order valence-electron chi connectivity index (χ0n) is 4.01. The Hall–Kier alpha value is -0.440. The fourth-order valence-electron chi connectivity index (χ4n) is 0.189. The van der Waals surface area contributed by atoms with Crippen LogP contribution < -0.4 is 4.72 Å². The fourth-order valence-corrected chi connectivity index (χ4v) is 0.263. The molecule has 0 heterocycles. The molecule has 3 heteroatoms. The molecule has 0 fully saturated rings. The van der Waals surface area contributed by atoms with Gasteiger partial charge in [0.2, 0.25) is 0 Å². The smallest absolute Gasteiger partial charge is 0.253 e. The maximum absolute atomic E-state index is 10.1. The lowest BCUT2D eigenvalue weighted by molar-refractivity contribution is -0.114. The maximum atomic E-state index is 10.1. The van der Waals surface area contributed by atoms with Crippen molar-refractivity contribution in [3.63, 3.8) is 0 Å². The van der Waals surface area contributed by atoms with Gasteiger partial charge in [0, 0.05) is 0 Å². The average Bonchev–Trinajstić information content (AvgIpc) is 1.68. The fraction of sp³-hybridized carbons (Fsp3) is 0.250. The summed E-state index contributed by atoms with van der Waals surface area (Å²) < 4.78 is 2.13. The number of hydrogen-bond donors (Lipinski definition) is 2. The van der Waals surface area contributed by atoms with Crippen molar-refractivity contribution in [3.05, 3.63) is 12.2 Å². The van der Waals surface area contributed by atoms with Gasteiger partial charge >= 0.3 is 0 Å². The van der Waals surface area contributed by atoms with Crippen LogP contribution in [0.2, 0.25) is 0 Å². The van der Waals surface area contributed by atoms with Crippen molar-refractivity contribution in [3.8, 4) is 0 Å². The third kappa shape index (κ3) is 3.39. The highest BCUT2D eigenvalue weighted by molar-refractivity contribution is 7.78. The van der Waals surface area contributed by atoms with Crippen LogP contribution in [0.3, 0.4) is 0 Å². The Bertz CT molecular complexity index is 89.7. The van der Waals surface area contributed by atoms with Crippen molar-refractivity contribution < 1.29 is 4.79 Å². The second-order valence-corrected chi connectivity index (χ2v) is 1.20. The van der Waals surface area contributed by atoms with E-state index in [-0.39, 0.29) is 5.91 Å². The quantitative estimate of drug-likeness (QED) is 0.380. The molecule has 2 nitrogen and oxygen atoms in total. The second kappa shape index (κ2) is 3.74. The predicted octanol–water partition coefficient (Wildman–Crippen LogP) is 0.524. The molecule has 0 aliphatic carbocycles. The number of hydrogen-bond acceptors (Lipinski definition) is 2. The van der Waals surface area contributed by atoms with E-state index in [0.29, 0.717) is 0 Å². The summed E-state index contributed by atoms with van der Waals surface area (Å²) in [4.78, 5) is 10.1. The molecule has 0 saturated carbocycles. The molecule has 0 rings (SSSR count). The van der Waals surface area contributed by atoms with Crippen molar-refractivity contribution in [2.75, 3.05) is 0 Å². The van der Waals surface area contributed by atoms with E-state index in [0.717, 1.165) is 0 Å². The molecular weight excluding hydrogens is 110 g/mol. The molecule has 0 aliphatic rings. The van der Waals surface area contributed by atoms with Gasteiger partial charge in [0.05, 0.1) is 0 Å². The largest absolute Gasteiger partial charge is 0.299 e. The highest BCUT2D eigenvalue weighted by atomic mass is 32.1. The topological polar surface area (TPSA) is 29.1 Å². The average molecular weight is 117 g/mol. The minimum absolute atomic E-state index is 0.189. The van der Waals surface area contributed by atoms with E-state index in [1.165, 1.54) is 6.08 Å². The van der Waals surface area contributed by atoms with E-state index >= 15 is 0 Å². The van der Waals surface area contributed by atoms with E-state index in [2.05, 4.69) is 17.5 Å². The molecule has 0 unspecified atom stereocenters. The van der Waals surface area contributed by atoms with Gasteiger partial charge in [-0.05, 0) is 13.0 Å². The highest BCUT2D eigenvalue weighted by Crippen LogP contribution is 1.70. The van der Waals surface area contributed by atoms with E-state index < -0.39 is 0 Å². The summed E-state index contributed by atoms with van der Waals surface area (Å²) in [5.74, 6) is -0.189. The first kappa shape index (κ1) is 6.56. The van der Waals surface area contributed by atoms with Crippen molar-refractivity contribution in [2.24, 2.45) is 0 Å². The highest BCUT2D eigenvalue weighted by Gasteiger charge is 1.82. The lowest BCUT2D eigenvalue weighted by atomic mass is 10.5. The first-order valence-electron chi connectivity index (χ1n) is 1.88. The Balaban J connectivity index is 3.37. The molecule has 40 valence electrons. The molecule has 0 aromatic rings. The lowest BCUT2D eigenvalue weighted by Crippen LogP contribution is -2.07. The van der Waals surface area contributed by atoms with Gasteiger partial charge in [0.1, 0.15) is 0 Å². The molecule has 0 saturated heterocycles. The van der Waals surface area contributed by atoms with Crippen LogP contribution in [0.1, 0.15) is 6.92 Å². The number of carbonyl (C=O) groups excluding carboxylic acids is 1. The van der Waals surface area contributed by atoms with E-state index in [1.54, 1.807) is 13.0 Å². The number of rotatable bonds is 1. The van der Waals surface area contributed by atoms with E-state index in [4.69, 9.17) is 0 Å². The summed E-state index contributed by atoms with van der Waals surface area (Å²) in [5.41, 5.74) is 0. The summed E-state index contributed by atoms with van der Waals surface area (Å²) in [6, 6.07) is 0. The zero-order chi connectivity index (χ0) is 5.70. The summed E-state index contributed by atoms with van der Waals surface area (Å²) in [6.07, 6.45) is 3.04. The van der Waals surface area contributed by atoms with Gasteiger partial charge in [-0.3, -0.25) is 9.52 Å². The van der Waals surface area contributed by atoms with E-state index in [9.17, 15) is 4.79 Å². The molecule has 1 amide bonds. The molecular formula is C4H7NOS. The molecule has 0 aromatic carbocycles. The van der Waals surface area contributed by atoms with E-state index in [1.807, 2.05) is 0 Å². The molecule has 7 heavy (non-hydrogen) atoms. The van der Waals surface area contributed by atoms with Crippen LogP contribution in [0.4, 0.5) is 0 Å². The predicted molar refractivity (Wildman–Crippen MR) is 31.9 cm³/mol. The van der Waals surface area contributed by atoms with Crippen molar-refractivity contribution in [1.29, 1.82) is 0 Å². The SMILES string of the molecule is CC=CC(=O)NS. The molecule has 0 bridgehead atoms. The second-order valence-electron chi connectivity index (χ2n) is 0.976. The molecule has 1 N–H and O–H groups in total. The van der Waals surface area contributed by atoms with Crippen molar-refractivity contribution >= 4 is 18.7 Å².